The molecule has 60 valence electrons. The van der Waals surface area contributed by atoms with E-state index < -0.39 is 6.09 Å². The van der Waals surface area contributed by atoms with Gasteiger partial charge in [0.2, 0.25) is 0 Å². The van der Waals surface area contributed by atoms with Crippen LogP contribution in [0.5, 0.6) is 0 Å². The molecule has 0 aromatic rings. The van der Waals surface area contributed by atoms with Gasteiger partial charge in [-0.05, 0) is 11.0 Å². The number of rotatable bonds is 2. The molecule has 4 nitrogen and oxygen atoms in total. The van der Waals surface area contributed by atoms with E-state index in [0.717, 1.165) is 0 Å². The van der Waals surface area contributed by atoms with Crippen LogP contribution in [0.4, 0.5) is 4.79 Å². The SMILES string of the molecule is CCOC(=O)N(Cl)N(Cl)Cl. The molecule has 0 fully saturated rings. The molecule has 0 aliphatic heterocycles. The fourth-order valence-corrected chi connectivity index (χ4v) is 0.411. The van der Waals surface area contributed by atoms with Crippen molar-refractivity contribution >= 4 is 41.4 Å². The van der Waals surface area contributed by atoms with Crippen molar-refractivity contribution in [3.8, 4) is 0 Å². The molecule has 0 saturated carbocycles. The summed E-state index contributed by atoms with van der Waals surface area (Å²) in [6, 6.07) is 0. The topological polar surface area (TPSA) is 32.8 Å². The molecule has 0 spiro atoms. The molecule has 0 rings (SSSR count). The lowest BCUT2D eigenvalue weighted by atomic mass is 10.9. The Balaban J connectivity index is 3.71. The van der Waals surface area contributed by atoms with Crippen LogP contribution in [0.3, 0.4) is 0 Å². The quantitative estimate of drug-likeness (QED) is 0.514. The molecular formula is C3H5Cl3N2O2. The van der Waals surface area contributed by atoms with Gasteiger partial charge in [0, 0.05) is 35.3 Å². The van der Waals surface area contributed by atoms with Gasteiger partial charge in [-0.3, -0.25) is 0 Å². The molecule has 0 aromatic heterocycles. The zero-order valence-corrected chi connectivity index (χ0v) is 7.32. The third kappa shape index (κ3) is 3.31. The Morgan fingerprint density at radius 1 is 1.50 bits per heavy atom. The second-order valence-corrected chi connectivity index (χ2v) is 2.31. The average molecular weight is 207 g/mol. The first-order chi connectivity index (χ1) is 4.59. The van der Waals surface area contributed by atoms with Crippen LogP contribution < -0.4 is 0 Å². The first-order valence-corrected chi connectivity index (χ1v) is 3.35. The molecule has 1 amide bonds. The Bertz CT molecular complexity index is 120. The van der Waals surface area contributed by atoms with Crippen LogP contribution >= 0.6 is 35.3 Å². The van der Waals surface area contributed by atoms with Crippen LogP contribution in [0, 0.1) is 0 Å². The van der Waals surface area contributed by atoms with Crippen molar-refractivity contribution in [3.63, 3.8) is 0 Å². The molecule has 0 heterocycles. The number of nitrogens with zero attached hydrogens (tertiary/aromatic N) is 2. The number of halogens is 3. The van der Waals surface area contributed by atoms with Gasteiger partial charge in [-0.15, -0.1) is 4.53 Å². The highest BCUT2D eigenvalue weighted by atomic mass is 35.5. The summed E-state index contributed by atoms with van der Waals surface area (Å²) in [4.78, 5) is 10.5. The van der Waals surface area contributed by atoms with Gasteiger partial charge in [0.25, 0.3) is 0 Å². The average Bonchev–Trinajstić information content (AvgIpc) is 1.87. The van der Waals surface area contributed by atoms with Crippen LogP contribution in [-0.4, -0.2) is 21.3 Å². The minimum atomic E-state index is -0.825. The molecule has 0 N–H and O–H groups in total. The van der Waals surface area contributed by atoms with Crippen LogP contribution in [0.25, 0.3) is 0 Å². The number of hydrazine groups is 1. The van der Waals surface area contributed by atoms with Crippen molar-refractivity contribution in [2.24, 2.45) is 0 Å². The molecule has 0 radical (unpaired) electrons. The van der Waals surface area contributed by atoms with Gasteiger partial charge in [-0.25, -0.2) is 4.79 Å². The molecular weight excluding hydrogens is 202 g/mol. The highest BCUT2D eigenvalue weighted by molar-refractivity contribution is 6.37. The van der Waals surface area contributed by atoms with Gasteiger partial charge in [-0.1, -0.05) is 0 Å². The van der Waals surface area contributed by atoms with E-state index >= 15 is 0 Å². The Morgan fingerprint density at radius 3 is 2.30 bits per heavy atom. The van der Waals surface area contributed by atoms with E-state index in [2.05, 4.69) is 4.74 Å². The number of amides is 1. The second-order valence-electron chi connectivity index (χ2n) is 1.17. The molecule has 0 bridgehead atoms. The number of ether oxygens (including phenoxy) is 1. The van der Waals surface area contributed by atoms with Crippen molar-refractivity contribution in [1.82, 2.24) is 8.58 Å². The fourth-order valence-electron chi connectivity index (χ4n) is 0.238. The predicted octanol–water partition coefficient (Wildman–Crippen LogP) is 2.12. The Labute approximate surface area is 73.5 Å². The third-order valence-corrected chi connectivity index (χ3v) is 1.30. The second kappa shape index (κ2) is 4.85. The zero-order chi connectivity index (χ0) is 8.15. The van der Waals surface area contributed by atoms with Crippen LogP contribution in [0.2, 0.25) is 0 Å². The first kappa shape index (κ1) is 10.1. The van der Waals surface area contributed by atoms with Crippen molar-refractivity contribution in [2.45, 2.75) is 6.92 Å². The molecule has 0 unspecified atom stereocenters. The predicted molar refractivity (Wildman–Crippen MR) is 38.3 cm³/mol. The molecule has 7 heteroatoms. The standard InChI is InChI=1S/C3H5Cl3N2O2/c1-2-10-3(9)7(4)8(5)6/h2H2,1H3. The van der Waals surface area contributed by atoms with E-state index in [9.17, 15) is 4.79 Å². The van der Waals surface area contributed by atoms with Crippen molar-refractivity contribution in [2.75, 3.05) is 6.61 Å². The lowest BCUT2D eigenvalue weighted by molar-refractivity contribution is 0.111. The summed E-state index contributed by atoms with van der Waals surface area (Å²) in [5.41, 5.74) is 0. The summed E-state index contributed by atoms with van der Waals surface area (Å²) in [7, 11) is 0. The molecule has 10 heavy (non-hydrogen) atoms. The van der Waals surface area contributed by atoms with Gasteiger partial charge >= 0.3 is 6.09 Å². The lowest BCUT2D eigenvalue weighted by Gasteiger charge is -2.13. The smallest absolute Gasteiger partial charge is 0.442 e. The Morgan fingerprint density at radius 2 is 2.00 bits per heavy atom. The lowest BCUT2D eigenvalue weighted by Crippen LogP contribution is -2.27. The highest BCUT2D eigenvalue weighted by Gasteiger charge is 2.16. The number of carbonyl (C=O) groups is 1. The zero-order valence-electron chi connectivity index (χ0n) is 5.05. The van der Waals surface area contributed by atoms with Crippen LogP contribution in [-0.2, 0) is 4.74 Å². The van der Waals surface area contributed by atoms with E-state index in [4.69, 9.17) is 35.3 Å². The van der Waals surface area contributed by atoms with E-state index in [1.165, 1.54) is 0 Å². The summed E-state index contributed by atoms with van der Waals surface area (Å²) in [6.07, 6.45) is -0.825. The van der Waals surface area contributed by atoms with Crippen molar-refractivity contribution in [1.29, 1.82) is 0 Å². The maximum atomic E-state index is 10.5. The summed E-state index contributed by atoms with van der Waals surface area (Å²) >= 11 is 15.3. The first-order valence-electron chi connectivity index (χ1n) is 2.33. The maximum absolute atomic E-state index is 10.5. The maximum Gasteiger partial charge on any atom is 0.442 e. The molecule has 0 aliphatic rings. The minimum absolute atomic E-state index is 0.212. The van der Waals surface area contributed by atoms with Crippen molar-refractivity contribution < 1.29 is 9.53 Å². The monoisotopic (exact) mass is 206 g/mol. The molecule has 0 aliphatic carbocycles. The van der Waals surface area contributed by atoms with Crippen LogP contribution in [0.15, 0.2) is 0 Å². The Hall–Kier alpha value is 0.100. The normalized spacial score (nSPS) is 9.70. The summed E-state index contributed by atoms with van der Waals surface area (Å²) in [6.45, 7) is 1.85. The fraction of sp³-hybridized carbons (Fsp3) is 0.667. The largest absolute Gasteiger partial charge is 0.448 e. The van der Waals surface area contributed by atoms with E-state index in [0.29, 0.717) is 8.58 Å². The number of hydrogen-bond acceptors (Lipinski definition) is 3. The number of carbonyl (C=O) groups excluding carboxylic acids is 1. The third-order valence-electron chi connectivity index (χ3n) is 0.551. The van der Waals surface area contributed by atoms with Crippen LogP contribution in [0.1, 0.15) is 6.92 Å². The summed E-state index contributed by atoms with van der Waals surface area (Å²) in [5.74, 6) is 0. The van der Waals surface area contributed by atoms with Gasteiger partial charge in [-0.2, -0.15) is 0 Å². The van der Waals surface area contributed by atoms with Gasteiger partial charge in [0.15, 0.2) is 0 Å². The highest BCUT2D eigenvalue weighted by Crippen LogP contribution is 2.10. The minimum Gasteiger partial charge on any atom is -0.448 e. The summed E-state index contributed by atoms with van der Waals surface area (Å²) < 4.78 is 5.17. The summed E-state index contributed by atoms with van der Waals surface area (Å²) in [5, 5.41) is 0. The Kier molecular flexibility index (Phi) is 4.89. The van der Waals surface area contributed by atoms with E-state index in [-0.39, 0.29) is 6.61 Å². The van der Waals surface area contributed by atoms with Crippen molar-refractivity contribution in [3.05, 3.63) is 0 Å². The van der Waals surface area contributed by atoms with Gasteiger partial charge in [0.05, 0.1) is 6.61 Å². The van der Waals surface area contributed by atoms with Gasteiger partial charge in [0.1, 0.15) is 0 Å². The molecule has 0 aromatic carbocycles. The van der Waals surface area contributed by atoms with E-state index in [1.54, 1.807) is 6.92 Å². The van der Waals surface area contributed by atoms with Gasteiger partial charge < -0.3 is 4.74 Å². The molecule has 0 saturated heterocycles. The number of hydrogen-bond donors (Lipinski definition) is 0. The van der Waals surface area contributed by atoms with E-state index in [1.807, 2.05) is 0 Å². The molecule has 0 atom stereocenters.